The molecule has 3 aliphatic rings. The first-order valence-corrected chi connectivity index (χ1v) is 15.3. The molecule has 1 heterocycles. The van der Waals surface area contributed by atoms with Gasteiger partial charge in [-0.25, -0.2) is 4.79 Å². The van der Waals surface area contributed by atoms with Crippen LogP contribution in [0.3, 0.4) is 0 Å². The van der Waals surface area contributed by atoms with Crippen LogP contribution in [0.2, 0.25) is 0 Å². The van der Waals surface area contributed by atoms with Crippen molar-refractivity contribution < 1.29 is 48.2 Å². The lowest BCUT2D eigenvalue weighted by molar-refractivity contribution is -0.185. The van der Waals surface area contributed by atoms with Crippen LogP contribution in [0.1, 0.15) is 51.5 Å². The molecule has 0 saturated heterocycles. The van der Waals surface area contributed by atoms with E-state index < -0.39 is 29.1 Å². The van der Waals surface area contributed by atoms with E-state index in [0.717, 1.165) is 5.56 Å². The predicted octanol–water partition coefficient (Wildman–Crippen LogP) is 4.25. The number of amides is 2. The molecule has 45 heavy (non-hydrogen) atoms. The summed E-state index contributed by atoms with van der Waals surface area (Å²) in [6.45, 7) is 4.32. The highest BCUT2D eigenvalue weighted by atomic mass is 16.7. The van der Waals surface area contributed by atoms with Crippen molar-refractivity contribution in [1.29, 1.82) is 0 Å². The van der Waals surface area contributed by atoms with Gasteiger partial charge < -0.3 is 44.0 Å². The fourth-order valence-corrected chi connectivity index (χ4v) is 7.73. The summed E-state index contributed by atoms with van der Waals surface area (Å²) >= 11 is 0. The fraction of sp³-hybridized carbons (Fsp3) is 0.576. The number of hydrogen-bond donors (Lipinski definition) is 4. The normalized spacial score (nSPS) is 28.4. The van der Waals surface area contributed by atoms with Gasteiger partial charge in [-0.1, -0.05) is 19.9 Å². The number of aliphatic hydroxyl groups is 2. The van der Waals surface area contributed by atoms with Crippen molar-refractivity contribution in [3.05, 3.63) is 35.9 Å². The fourth-order valence-electron chi connectivity index (χ4n) is 7.73. The van der Waals surface area contributed by atoms with Crippen LogP contribution in [0.4, 0.5) is 10.5 Å². The Balaban J connectivity index is 1.26. The van der Waals surface area contributed by atoms with Crippen LogP contribution < -0.4 is 34.3 Å². The molecule has 246 valence electrons. The van der Waals surface area contributed by atoms with Gasteiger partial charge in [0.2, 0.25) is 18.4 Å². The first-order chi connectivity index (χ1) is 21.6. The Labute approximate surface area is 263 Å². The second-order valence-corrected chi connectivity index (χ2v) is 12.6. The number of carbonyl (C=O) groups is 2. The number of nitrogens with one attached hydrogen (secondary N) is 2. The molecule has 0 spiro atoms. The molecule has 2 aromatic carbocycles. The van der Waals surface area contributed by atoms with E-state index in [2.05, 4.69) is 17.6 Å². The molecule has 12 heteroatoms. The van der Waals surface area contributed by atoms with Crippen molar-refractivity contribution in [2.45, 2.75) is 64.7 Å². The lowest BCUT2D eigenvalue weighted by Gasteiger charge is -2.60. The van der Waals surface area contributed by atoms with E-state index in [-0.39, 0.29) is 37.6 Å². The van der Waals surface area contributed by atoms with Crippen LogP contribution in [0, 0.1) is 22.7 Å². The molecule has 5 rings (SSSR count). The molecular formula is C33H44N2O10. The van der Waals surface area contributed by atoms with E-state index in [1.807, 2.05) is 25.1 Å². The summed E-state index contributed by atoms with van der Waals surface area (Å²) in [5.41, 5.74) is 0.0314. The number of anilines is 1. The lowest BCUT2D eigenvalue weighted by Crippen LogP contribution is -2.61. The van der Waals surface area contributed by atoms with E-state index in [1.54, 1.807) is 12.1 Å². The van der Waals surface area contributed by atoms with Gasteiger partial charge in [-0.2, -0.15) is 0 Å². The summed E-state index contributed by atoms with van der Waals surface area (Å²) in [6.07, 6.45) is 0.436. The number of ether oxygens (including phenoxy) is 6. The first kappa shape index (κ1) is 32.5. The standard InChI is InChI=1S/C33H44N2O10/c1-32-11-10-28(45-31(39)35-20-13-25(40-3)30(42-5)26(14-20)41-4)33(2,17-36)27(32)9-7-22(37)21(32)15-29(38)34-16-19-6-8-23-24(12-19)44-18-43-23/h6,8,12-14,21-22,27-28,36-37H,7,9-11,15-18H2,1-5H3,(H,34,38)(H,35,39)/t21-,22-,27+,28-,32+,33+/m1/s1. The van der Waals surface area contributed by atoms with Gasteiger partial charge in [-0.15, -0.1) is 0 Å². The van der Waals surface area contributed by atoms with Gasteiger partial charge in [-0.05, 0) is 60.6 Å². The number of aliphatic hydroxyl groups excluding tert-OH is 2. The minimum Gasteiger partial charge on any atom is -0.493 e. The van der Waals surface area contributed by atoms with Gasteiger partial charge in [0.25, 0.3) is 0 Å². The summed E-state index contributed by atoms with van der Waals surface area (Å²) < 4.78 is 32.9. The topological polar surface area (TPSA) is 154 Å². The lowest BCUT2D eigenvalue weighted by atomic mass is 9.46. The molecule has 6 atom stereocenters. The Morgan fingerprint density at radius 3 is 2.36 bits per heavy atom. The maximum absolute atomic E-state index is 13.2. The van der Waals surface area contributed by atoms with Crippen molar-refractivity contribution in [2.24, 2.45) is 22.7 Å². The first-order valence-electron chi connectivity index (χ1n) is 15.3. The van der Waals surface area contributed by atoms with E-state index in [1.165, 1.54) is 21.3 Å². The highest BCUT2D eigenvalue weighted by Gasteiger charge is 2.60. The third-order valence-corrected chi connectivity index (χ3v) is 10.2. The molecular weight excluding hydrogens is 584 g/mol. The zero-order valence-electron chi connectivity index (χ0n) is 26.5. The zero-order valence-corrected chi connectivity index (χ0v) is 26.5. The summed E-state index contributed by atoms with van der Waals surface area (Å²) in [4.78, 5) is 26.4. The molecule has 0 aromatic heterocycles. The van der Waals surface area contributed by atoms with Crippen LogP contribution in [0.15, 0.2) is 30.3 Å². The average Bonchev–Trinajstić information content (AvgIpc) is 3.51. The van der Waals surface area contributed by atoms with Gasteiger partial charge in [0.1, 0.15) is 6.10 Å². The highest BCUT2D eigenvalue weighted by Crippen LogP contribution is 2.61. The number of carbonyl (C=O) groups excluding carboxylic acids is 2. The third-order valence-electron chi connectivity index (χ3n) is 10.2. The monoisotopic (exact) mass is 628 g/mol. The van der Waals surface area contributed by atoms with Crippen LogP contribution >= 0.6 is 0 Å². The number of rotatable bonds is 10. The Kier molecular flexibility index (Phi) is 9.54. The van der Waals surface area contributed by atoms with E-state index in [4.69, 9.17) is 28.4 Å². The number of fused-ring (bicyclic) bond motifs is 2. The Hall–Kier alpha value is -3.90. The van der Waals surface area contributed by atoms with Crippen LogP contribution in [0.5, 0.6) is 28.7 Å². The van der Waals surface area contributed by atoms with Crippen molar-refractivity contribution in [2.75, 3.05) is 40.0 Å². The Morgan fingerprint density at radius 2 is 1.69 bits per heavy atom. The number of hydrogen-bond acceptors (Lipinski definition) is 10. The van der Waals surface area contributed by atoms with Crippen LogP contribution in [0.25, 0.3) is 0 Å². The maximum Gasteiger partial charge on any atom is 0.411 e. The SMILES string of the molecule is COc1cc(NC(=O)O[C@@H]2CC[C@]3(C)[C@H](CC[C@@H](O)[C@H]3CC(=O)NCc3ccc4c(c3)OCO4)[C@]2(C)CO)cc(OC)c1OC. The molecule has 4 N–H and O–H groups in total. The van der Waals surface area contributed by atoms with E-state index in [0.29, 0.717) is 66.7 Å². The molecule has 1 aliphatic heterocycles. The Bertz CT molecular complexity index is 1380. The summed E-state index contributed by atoms with van der Waals surface area (Å²) in [6, 6.07) is 8.77. The summed E-state index contributed by atoms with van der Waals surface area (Å²) in [7, 11) is 4.47. The molecule has 0 radical (unpaired) electrons. The molecule has 2 amide bonds. The highest BCUT2D eigenvalue weighted by molar-refractivity contribution is 5.86. The number of methoxy groups -OCH3 is 3. The van der Waals surface area contributed by atoms with E-state index >= 15 is 0 Å². The molecule has 0 bridgehead atoms. The van der Waals surface area contributed by atoms with Crippen molar-refractivity contribution >= 4 is 17.7 Å². The minimum atomic E-state index is -0.791. The quantitative estimate of drug-likeness (QED) is 0.300. The molecule has 2 fully saturated rings. The average molecular weight is 629 g/mol. The molecule has 2 saturated carbocycles. The Morgan fingerprint density at radius 1 is 0.978 bits per heavy atom. The van der Waals surface area contributed by atoms with Gasteiger partial charge in [0.05, 0.1) is 39.7 Å². The van der Waals surface area contributed by atoms with Crippen LogP contribution in [-0.2, 0) is 16.1 Å². The predicted molar refractivity (Wildman–Crippen MR) is 164 cm³/mol. The van der Waals surface area contributed by atoms with Crippen LogP contribution in [-0.4, -0.2) is 69.2 Å². The molecule has 2 aliphatic carbocycles. The van der Waals surface area contributed by atoms with Gasteiger partial charge in [0, 0.05) is 30.5 Å². The smallest absolute Gasteiger partial charge is 0.411 e. The minimum absolute atomic E-state index is 0.0993. The van der Waals surface area contributed by atoms with Gasteiger partial charge in [-0.3, -0.25) is 10.1 Å². The number of benzene rings is 2. The van der Waals surface area contributed by atoms with Gasteiger partial charge in [0.15, 0.2) is 23.0 Å². The van der Waals surface area contributed by atoms with Crippen molar-refractivity contribution in [1.82, 2.24) is 5.32 Å². The van der Waals surface area contributed by atoms with Crippen molar-refractivity contribution in [3.63, 3.8) is 0 Å². The third kappa shape index (κ3) is 6.30. The molecule has 2 aromatic rings. The second-order valence-electron chi connectivity index (χ2n) is 12.6. The molecule has 0 unspecified atom stereocenters. The largest absolute Gasteiger partial charge is 0.493 e. The maximum atomic E-state index is 13.2. The summed E-state index contributed by atoms with van der Waals surface area (Å²) in [5.74, 6) is 1.91. The van der Waals surface area contributed by atoms with E-state index in [9.17, 15) is 19.8 Å². The van der Waals surface area contributed by atoms with Crippen molar-refractivity contribution in [3.8, 4) is 28.7 Å². The zero-order chi connectivity index (χ0) is 32.4. The molecule has 12 nitrogen and oxygen atoms in total. The van der Waals surface area contributed by atoms with Gasteiger partial charge >= 0.3 is 6.09 Å². The second kappa shape index (κ2) is 13.2. The summed E-state index contributed by atoms with van der Waals surface area (Å²) in [5, 5.41) is 27.7.